The molecule has 12 heteroatoms. The van der Waals surface area contributed by atoms with Gasteiger partial charge in [0.2, 0.25) is 17.7 Å². The van der Waals surface area contributed by atoms with Crippen LogP contribution in [0.5, 0.6) is 0 Å². The van der Waals surface area contributed by atoms with Crippen molar-refractivity contribution < 1.29 is 13.2 Å². The number of alkyl halides is 3. The van der Waals surface area contributed by atoms with E-state index in [2.05, 4.69) is 35.2 Å². The van der Waals surface area contributed by atoms with Gasteiger partial charge in [0.05, 0.1) is 29.1 Å². The molecule has 4 aromatic heterocycles. The van der Waals surface area contributed by atoms with Gasteiger partial charge >= 0.3 is 6.18 Å². The molecule has 4 N–H and O–H groups in total. The number of anilines is 2. The number of nitrogens with one attached hydrogen (secondary N) is 2. The topological polar surface area (TPSA) is 123 Å². The zero-order chi connectivity index (χ0) is 23.2. The van der Waals surface area contributed by atoms with Gasteiger partial charge in [0.25, 0.3) is 0 Å². The molecule has 4 heterocycles. The Morgan fingerprint density at radius 1 is 1.09 bits per heavy atom. The van der Waals surface area contributed by atoms with E-state index in [0.29, 0.717) is 11.4 Å². The lowest BCUT2D eigenvalue weighted by Gasteiger charge is -2.21. The van der Waals surface area contributed by atoms with E-state index in [0.717, 1.165) is 23.2 Å². The van der Waals surface area contributed by atoms with Crippen molar-refractivity contribution in [2.75, 3.05) is 11.1 Å². The number of aromatic amines is 1. The van der Waals surface area contributed by atoms with Crippen LogP contribution in [0.3, 0.4) is 0 Å². The van der Waals surface area contributed by atoms with Crippen molar-refractivity contribution in [1.29, 1.82) is 0 Å². The summed E-state index contributed by atoms with van der Waals surface area (Å²) in [7, 11) is 0. The fourth-order valence-electron chi connectivity index (χ4n) is 3.52. The molecule has 4 aromatic rings. The second kappa shape index (κ2) is 7.77. The molecule has 0 saturated heterocycles. The molecule has 0 amide bonds. The Morgan fingerprint density at radius 3 is 2.50 bits per heavy atom. The van der Waals surface area contributed by atoms with Crippen LogP contribution in [0.4, 0.5) is 25.1 Å². The van der Waals surface area contributed by atoms with Crippen LogP contribution >= 0.6 is 0 Å². The number of hydrogen-bond acceptors (Lipinski definition) is 7. The fraction of sp³-hybridized carbons (Fsp3) is 0.350. The Hall–Kier alpha value is -3.70. The van der Waals surface area contributed by atoms with Gasteiger partial charge in [-0.05, 0) is 31.9 Å². The minimum Gasteiger partial charge on any atom is -0.368 e. The zero-order valence-electron chi connectivity index (χ0n) is 17.9. The molecular weight excluding hydrogens is 423 g/mol. The van der Waals surface area contributed by atoms with Gasteiger partial charge in [0.1, 0.15) is 5.82 Å². The van der Waals surface area contributed by atoms with Crippen LogP contribution in [-0.4, -0.2) is 34.3 Å². The second-order valence-electron chi connectivity index (χ2n) is 7.81. The third kappa shape index (κ3) is 4.07. The number of nitrogen functional groups attached to an aromatic ring is 1. The van der Waals surface area contributed by atoms with Crippen molar-refractivity contribution in [3.8, 4) is 11.4 Å². The number of nitrogens with zero attached hydrogens (tertiary/aromatic N) is 6. The Kier molecular flexibility index (Phi) is 5.23. The maximum Gasteiger partial charge on any atom is 0.449 e. The molecule has 0 spiro atoms. The van der Waals surface area contributed by atoms with Crippen molar-refractivity contribution in [2.24, 2.45) is 5.92 Å². The summed E-state index contributed by atoms with van der Waals surface area (Å²) in [5.41, 5.74) is 8.73. The summed E-state index contributed by atoms with van der Waals surface area (Å²) in [6.07, 6.45) is -1.55. The first-order valence-corrected chi connectivity index (χ1v) is 9.89. The van der Waals surface area contributed by atoms with E-state index in [1.165, 1.54) is 0 Å². The fourth-order valence-corrected chi connectivity index (χ4v) is 3.52. The smallest absolute Gasteiger partial charge is 0.368 e. The average Bonchev–Trinajstić information content (AvgIpc) is 3.30. The Balaban J connectivity index is 1.69. The Bertz CT molecular complexity index is 1270. The second-order valence-corrected chi connectivity index (χ2v) is 7.81. The molecule has 0 bridgehead atoms. The summed E-state index contributed by atoms with van der Waals surface area (Å²) in [6.45, 7) is 7.53. The van der Waals surface area contributed by atoms with E-state index in [4.69, 9.17) is 5.73 Å². The third-order valence-electron chi connectivity index (χ3n) is 5.06. The standard InChI is InChI=1S/C20H22F3N9/c1-9(2)15(13-7-25-17(27-13)20(21,22)23)28-19-30-16(29-18(24)31-19)12-5-6-14-10(3)26-11(4)32(14)8-12/h5-9,15H,1-4H3,(H,25,27)(H3,24,28,29,30,31). The highest BCUT2D eigenvalue weighted by Crippen LogP contribution is 2.30. The Labute approximate surface area is 181 Å². The van der Waals surface area contributed by atoms with Crippen LogP contribution in [0, 0.1) is 19.8 Å². The average molecular weight is 445 g/mol. The molecule has 9 nitrogen and oxygen atoms in total. The molecule has 0 saturated carbocycles. The summed E-state index contributed by atoms with van der Waals surface area (Å²) in [6, 6.07) is 3.21. The predicted octanol–water partition coefficient (Wildman–Crippen LogP) is 3.94. The van der Waals surface area contributed by atoms with Crippen molar-refractivity contribution in [3.63, 3.8) is 0 Å². The van der Waals surface area contributed by atoms with E-state index in [9.17, 15) is 13.2 Å². The lowest BCUT2D eigenvalue weighted by molar-refractivity contribution is -0.144. The number of hydrogen-bond donors (Lipinski definition) is 3. The maximum absolute atomic E-state index is 13.0. The molecule has 0 aliphatic carbocycles. The highest BCUT2D eigenvalue weighted by Gasteiger charge is 2.35. The molecule has 168 valence electrons. The first-order chi connectivity index (χ1) is 15.0. The van der Waals surface area contributed by atoms with Gasteiger partial charge < -0.3 is 20.4 Å². The first-order valence-electron chi connectivity index (χ1n) is 9.89. The van der Waals surface area contributed by atoms with Gasteiger partial charge in [-0.25, -0.2) is 9.97 Å². The molecule has 0 fully saturated rings. The van der Waals surface area contributed by atoms with Crippen molar-refractivity contribution in [1.82, 2.24) is 34.3 Å². The number of fused-ring (bicyclic) bond motifs is 1. The van der Waals surface area contributed by atoms with E-state index < -0.39 is 18.0 Å². The molecule has 0 aromatic carbocycles. The van der Waals surface area contributed by atoms with E-state index in [1.807, 2.05) is 50.4 Å². The van der Waals surface area contributed by atoms with Crippen LogP contribution < -0.4 is 11.1 Å². The summed E-state index contributed by atoms with van der Waals surface area (Å²) < 4.78 is 40.8. The molecule has 0 radical (unpaired) electrons. The van der Waals surface area contributed by atoms with Crippen molar-refractivity contribution in [3.05, 3.63) is 47.6 Å². The number of aromatic nitrogens is 7. The van der Waals surface area contributed by atoms with E-state index in [-0.39, 0.29) is 23.5 Å². The molecule has 1 unspecified atom stereocenters. The third-order valence-corrected chi connectivity index (χ3v) is 5.06. The summed E-state index contributed by atoms with van der Waals surface area (Å²) in [5, 5.41) is 3.06. The number of halogens is 3. The minimum absolute atomic E-state index is 0.0146. The molecule has 0 aliphatic heterocycles. The molecular formula is C20H22F3N9. The quantitative estimate of drug-likeness (QED) is 0.425. The lowest BCUT2D eigenvalue weighted by Crippen LogP contribution is -2.20. The molecule has 0 aliphatic rings. The molecule has 1 atom stereocenters. The van der Waals surface area contributed by atoms with Crippen LogP contribution in [-0.2, 0) is 6.18 Å². The zero-order valence-corrected chi connectivity index (χ0v) is 17.9. The number of pyridine rings is 1. The van der Waals surface area contributed by atoms with Gasteiger partial charge in [-0.15, -0.1) is 0 Å². The van der Waals surface area contributed by atoms with Gasteiger partial charge in [-0.1, -0.05) is 13.8 Å². The number of imidazole rings is 2. The SMILES string of the molecule is Cc1nc(C)n2cc(-c3nc(N)nc(NC(c4cnc(C(F)(F)F)[nH]4)C(C)C)n3)ccc12. The number of rotatable bonds is 5. The van der Waals surface area contributed by atoms with Crippen molar-refractivity contribution in [2.45, 2.75) is 39.9 Å². The van der Waals surface area contributed by atoms with E-state index >= 15 is 0 Å². The number of nitrogens with two attached hydrogens (primary N) is 1. The van der Waals surface area contributed by atoms with Gasteiger partial charge in [-0.3, -0.25) is 0 Å². The first kappa shape index (κ1) is 21.5. The van der Waals surface area contributed by atoms with Gasteiger partial charge in [-0.2, -0.15) is 28.1 Å². The summed E-state index contributed by atoms with van der Waals surface area (Å²) >= 11 is 0. The largest absolute Gasteiger partial charge is 0.449 e. The van der Waals surface area contributed by atoms with Crippen LogP contribution in [0.2, 0.25) is 0 Å². The van der Waals surface area contributed by atoms with Gasteiger partial charge in [0.15, 0.2) is 5.82 Å². The normalized spacial score (nSPS) is 13.1. The monoisotopic (exact) mass is 445 g/mol. The van der Waals surface area contributed by atoms with Gasteiger partial charge in [0, 0.05) is 11.8 Å². The summed E-state index contributed by atoms with van der Waals surface area (Å²) in [4.78, 5) is 23.0. The highest BCUT2D eigenvalue weighted by atomic mass is 19.4. The van der Waals surface area contributed by atoms with Crippen LogP contribution in [0.25, 0.3) is 16.9 Å². The maximum atomic E-state index is 13.0. The summed E-state index contributed by atoms with van der Waals surface area (Å²) in [5.74, 6) is 0.114. The molecule has 32 heavy (non-hydrogen) atoms. The highest BCUT2D eigenvalue weighted by molar-refractivity contribution is 5.63. The molecule has 4 rings (SSSR count). The number of aryl methyl sites for hydroxylation is 2. The number of H-pyrrole nitrogens is 1. The van der Waals surface area contributed by atoms with Crippen molar-refractivity contribution >= 4 is 17.4 Å². The van der Waals surface area contributed by atoms with Crippen LogP contribution in [0.15, 0.2) is 24.5 Å². The minimum atomic E-state index is -4.56. The Morgan fingerprint density at radius 2 is 1.84 bits per heavy atom. The van der Waals surface area contributed by atoms with E-state index in [1.54, 1.807) is 0 Å². The predicted molar refractivity (Wildman–Crippen MR) is 113 cm³/mol. The lowest BCUT2D eigenvalue weighted by atomic mass is 10.0. The van der Waals surface area contributed by atoms with Crippen LogP contribution in [0.1, 0.15) is 42.9 Å².